The highest BCUT2D eigenvalue weighted by Gasteiger charge is 2.22. The predicted octanol–water partition coefficient (Wildman–Crippen LogP) is 2.52. The fourth-order valence-corrected chi connectivity index (χ4v) is 2.72. The summed E-state index contributed by atoms with van der Waals surface area (Å²) < 4.78 is 20.9. The maximum atomic E-state index is 12.4. The van der Waals surface area contributed by atoms with Crippen molar-refractivity contribution >= 4 is 29.2 Å². The molecule has 2 aromatic carbocycles. The molecule has 3 rings (SSSR count). The highest BCUT2D eigenvalue weighted by atomic mass is 35.5. The molecule has 0 saturated heterocycles. The molecule has 0 aromatic heterocycles. The number of carbonyl (C=O) groups excluding carboxylic acids is 2. The lowest BCUT2D eigenvalue weighted by Crippen LogP contribution is -2.35. The smallest absolute Gasteiger partial charge is 0.342 e. The summed E-state index contributed by atoms with van der Waals surface area (Å²) in [6, 6.07) is 8.12. The summed E-state index contributed by atoms with van der Waals surface area (Å²) in [5.74, 6) is 0.294. The number of nitrogens with one attached hydrogen (secondary N) is 1. The Morgan fingerprint density at radius 3 is 2.75 bits per heavy atom. The quantitative estimate of drug-likeness (QED) is 0.560. The number of nitrogen functional groups attached to an aromatic ring is 1. The van der Waals surface area contributed by atoms with Crippen LogP contribution in [-0.4, -0.2) is 31.9 Å². The fourth-order valence-electron chi connectivity index (χ4n) is 2.56. The van der Waals surface area contributed by atoms with Crippen LogP contribution in [0, 0.1) is 0 Å². The number of esters is 1. The Balaban J connectivity index is 1.59. The van der Waals surface area contributed by atoms with Crippen molar-refractivity contribution in [3.05, 3.63) is 46.5 Å². The van der Waals surface area contributed by atoms with Crippen LogP contribution in [0.4, 0.5) is 5.69 Å². The normalized spacial score (nSPS) is 13.0. The number of anilines is 1. The van der Waals surface area contributed by atoms with E-state index in [-0.39, 0.29) is 35.4 Å². The molecular weight excluding hydrogens is 388 g/mol. The van der Waals surface area contributed by atoms with Crippen molar-refractivity contribution in [1.29, 1.82) is 0 Å². The first-order valence-electron chi connectivity index (χ1n) is 8.39. The summed E-state index contributed by atoms with van der Waals surface area (Å²) >= 11 is 5.96. The molecule has 9 heteroatoms. The van der Waals surface area contributed by atoms with Gasteiger partial charge in [0.25, 0.3) is 5.91 Å². The van der Waals surface area contributed by atoms with Crippen LogP contribution in [0.25, 0.3) is 0 Å². The van der Waals surface area contributed by atoms with Crippen molar-refractivity contribution in [3.63, 3.8) is 0 Å². The largest absolute Gasteiger partial charge is 0.496 e. The summed E-state index contributed by atoms with van der Waals surface area (Å²) in [5.41, 5.74) is 6.87. The second-order valence-electron chi connectivity index (χ2n) is 6.03. The highest BCUT2D eigenvalue weighted by molar-refractivity contribution is 6.33. The van der Waals surface area contributed by atoms with Gasteiger partial charge in [0.05, 0.1) is 17.8 Å². The van der Waals surface area contributed by atoms with Gasteiger partial charge in [-0.25, -0.2) is 4.79 Å². The van der Waals surface area contributed by atoms with Crippen LogP contribution in [0.5, 0.6) is 17.2 Å². The summed E-state index contributed by atoms with van der Waals surface area (Å²) in [7, 11) is 1.39. The standard InChI is InChI=1S/C19H19ClN2O6/c1-10(28-19(24)12-6-13(20)14(21)7-16(12)25-2)18(23)22-8-11-3-4-15-17(5-11)27-9-26-15/h3-7,10H,8-9,21H2,1-2H3,(H,22,23)/t10-/m1/s1. The maximum absolute atomic E-state index is 12.4. The molecule has 28 heavy (non-hydrogen) atoms. The number of amides is 1. The van der Waals surface area contributed by atoms with E-state index in [2.05, 4.69) is 5.32 Å². The van der Waals surface area contributed by atoms with Crippen LogP contribution in [0.1, 0.15) is 22.8 Å². The van der Waals surface area contributed by atoms with Gasteiger partial charge >= 0.3 is 5.97 Å². The number of carbonyl (C=O) groups is 2. The van der Waals surface area contributed by atoms with Crippen molar-refractivity contribution < 1.29 is 28.5 Å². The molecule has 1 atom stereocenters. The third-order valence-corrected chi connectivity index (χ3v) is 4.42. The Hall–Kier alpha value is -3.13. The lowest BCUT2D eigenvalue weighted by molar-refractivity contribution is -0.129. The van der Waals surface area contributed by atoms with E-state index in [0.29, 0.717) is 11.5 Å². The molecule has 3 N–H and O–H groups in total. The monoisotopic (exact) mass is 406 g/mol. The molecular formula is C19H19ClN2O6. The van der Waals surface area contributed by atoms with E-state index >= 15 is 0 Å². The van der Waals surface area contributed by atoms with Gasteiger partial charge in [0, 0.05) is 12.6 Å². The number of nitrogens with two attached hydrogens (primary N) is 1. The number of halogens is 1. The third-order valence-electron chi connectivity index (χ3n) is 4.10. The summed E-state index contributed by atoms with van der Waals surface area (Å²) in [4.78, 5) is 24.7. The van der Waals surface area contributed by atoms with Crippen molar-refractivity contribution in [2.45, 2.75) is 19.6 Å². The minimum atomic E-state index is -1.03. The average Bonchev–Trinajstić information content (AvgIpc) is 3.15. The molecule has 8 nitrogen and oxygen atoms in total. The molecule has 1 aliphatic heterocycles. The first kappa shape index (κ1) is 19.6. The molecule has 0 radical (unpaired) electrons. The SMILES string of the molecule is COc1cc(N)c(Cl)cc1C(=O)O[C@H](C)C(=O)NCc1ccc2c(c1)OCO2. The Morgan fingerprint density at radius 2 is 2.00 bits per heavy atom. The number of fused-ring (bicyclic) bond motifs is 1. The van der Waals surface area contributed by atoms with Crippen molar-refractivity contribution in [1.82, 2.24) is 5.32 Å². The number of benzene rings is 2. The van der Waals surface area contributed by atoms with Crippen LogP contribution in [0.2, 0.25) is 5.02 Å². The Labute approximate surface area is 166 Å². The Kier molecular flexibility index (Phi) is 5.79. The van der Waals surface area contributed by atoms with Gasteiger partial charge in [-0.1, -0.05) is 17.7 Å². The molecule has 2 aromatic rings. The molecule has 148 valence electrons. The lowest BCUT2D eigenvalue weighted by Gasteiger charge is -2.15. The van der Waals surface area contributed by atoms with Gasteiger partial charge in [-0.2, -0.15) is 0 Å². The topological polar surface area (TPSA) is 109 Å². The van der Waals surface area contributed by atoms with Gasteiger partial charge in [-0.3, -0.25) is 4.79 Å². The molecule has 0 bridgehead atoms. The minimum absolute atomic E-state index is 0.0807. The predicted molar refractivity (Wildman–Crippen MR) is 102 cm³/mol. The van der Waals surface area contributed by atoms with Crippen molar-refractivity contribution in [2.75, 3.05) is 19.6 Å². The van der Waals surface area contributed by atoms with E-state index in [0.717, 1.165) is 5.56 Å². The lowest BCUT2D eigenvalue weighted by atomic mass is 10.1. The second kappa shape index (κ2) is 8.26. The number of hydrogen-bond donors (Lipinski definition) is 2. The van der Waals surface area contributed by atoms with Crippen LogP contribution in [-0.2, 0) is 16.1 Å². The van der Waals surface area contributed by atoms with Gasteiger partial charge in [-0.05, 0) is 30.7 Å². The van der Waals surface area contributed by atoms with E-state index in [9.17, 15) is 9.59 Å². The Bertz CT molecular complexity index is 918. The van der Waals surface area contributed by atoms with E-state index in [1.54, 1.807) is 12.1 Å². The molecule has 1 heterocycles. The number of ether oxygens (including phenoxy) is 4. The van der Waals surface area contributed by atoms with E-state index in [1.165, 1.54) is 26.2 Å². The van der Waals surface area contributed by atoms with Crippen molar-refractivity contribution in [2.24, 2.45) is 0 Å². The second-order valence-corrected chi connectivity index (χ2v) is 6.43. The molecule has 0 spiro atoms. The van der Waals surface area contributed by atoms with Crippen LogP contribution in [0.15, 0.2) is 30.3 Å². The summed E-state index contributed by atoms with van der Waals surface area (Å²) in [5, 5.41) is 2.89. The fraction of sp³-hybridized carbons (Fsp3) is 0.263. The van der Waals surface area contributed by atoms with Crippen LogP contribution in [0.3, 0.4) is 0 Å². The van der Waals surface area contributed by atoms with Crippen molar-refractivity contribution in [3.8, 4) is 17.2 Å². The van der Waals surface area contributed by atoms with E-state index in [4.69, 9.17) is 36.3 Å². The van der Waals surface area contributed by atoms with Gasteiger partial charge in [0.1, 0.15) is 11.3 Å². The highest BCUT2D eigenvalue weighted by Crippen LogP contribution is 2.32. The molecule has 0 saturated carbocycles. The molecule has 0 aliphatic carbocycles. The summed E-state index contributed by atoms with van der Waals surface area (Å²) in [6.07, 6.45) is -1.03. The van der Waals surface area contributed by atoms with Gasteiger partial charge in [0.15, 0.2) is 17.6 Å². The maximum Gasteiger partial charge on any atom is 0.342 e. The zero-order valence-corrected chi connectivity index (χ0v) is 16.0. The van der Waals surface area contributed by atoms with Gasteiger partial charge < -0.3 is 30.0 Å². The number of rotatable bonds is 6. The first-order valence-corrected chi connectivity index (χ1v) is 8.77. The van der Waals surface area contributed by atoms with Gasteiger partial charge in [-0.15, -0.1) is 0 Å². The number of hydrogen-bond acceptors (Lipinski definition) is 7. The first-order chi connectivity index (χ1) is 13.4. The summed E-state index contributed by atoms with van der Waals surface area (Å²) in [6.45, 7) is 1.89. The molecule has 0 unspecified atom stereocenters. The van der Waals surface area contributed by atoms with Gasteiger partial charge in [0.2, 0.25) is 6.79 Å². The zero-order chi connectivity index (χ0) is 20.3. The number of methoxy groups -OCH3 is 1. The third kappa shape index (κ3) is 4.23. The zero-order valence-electron chi connectivity index (χ0n) is 15.3. The molecule has 0 fully saturated rings. The Morgan fingerprint density at radius 1 is 1.25 bits per heavy atom. The van der Waals surface area contributed by atoms with Crippen LogP contribution >= 0.6 is 11.6 Å². The van der Waals surface area contributed by atoms with E-state index in [1.807, 2.05) is 6.07 Å². The van der Waals surface area contributed by atoms with E-state index < -0.39 is 18.0 Å². The average molecular weight is 407 g/mol. The molecule has 1 aliphatic rings. The molecule has 1 amide bonds. The minimum Gasteiger partial charge on any atom is -0.496 e. The van der Waals surface area contributed by atoms with Crippen LogP contribution < -0.4 is 25.3 Å².